The van der Waals surface area contributed by atoms with Gasteiger partial charge in [-0.25, -0.2) is 9.00 Å². The molecule has 108 valence electrons. The van der Waals surface area contributed by atoms with E-state index in [4.69, 9.17) is 5.11 Å². The van der Waals surface area contributed by atoms with Crippen LogP contribution >= 0.6 is 0 Å². The van der Waals surface area contributed by atoms with Crippen molar-refractivity contribution in [3.05, 3.63) is 58.4 Å². The molecule has 0 radical (unpaired) electrons. The van der Waals surface area contributed by atoms with E-state index in [1.165, 1.54) is 0 Å². The number of hydrogen-bond acceptors (Lipinski definition) is 3. The molecule has 2 heterocycles. The van der Waals surface area contributed by atoms with E-state index in [2.05, 4.69) is 4.98 Å². The number of rotatable bonds is 1. The van der Waals surface area contributed by atoms with E-state index in [0.29, 0.717) is 26.3 Å². The number of carboxylic acid groups (broad SMARTS) is 1. The summed E-state index contributed by atoms with van der Waals surface area (Å²) >= 11 is 0. The monoisotopic (exact) mass is 311 g/mol. The Labute approximate surface area is 126 Å². The Hall–Kier alpha value is -2.73. The van der Waals surface area contributed by atoms with Gasteiger partial charge in [0.05, 0.1) is 31.5 Å². The molecule has 1 unspecified atom stereocenters. The molecule has 0 amide bonds. The third-order valence-electron chi connectivity index (χ3n) is 3.74. The highest BCUT2D eigenvalue weighted by Crippen LogP contribution is 2.43. The van der Waals surface area contributed by atoms with E-state index in [1.807, 2.05) is 12.1 Å². The summed E-state index contributed by atoms with van der Waals surface area (Å²) in [6, 6.07) is 11.6. The summed E-state index contributed by atoms with van der Waals surface area (Å²) in [5, 5.41) is 9.42. The second-order valence-corrected chi connectivity index (χ2v) is 6.40. The van der Waals surface area contributed by atoms with Crippen molar-refractivity contribution < 1.29 is 14.1 Å². The van der Waals surface area contributed by atoms with Crippen LogP contribution in [-0.4, -0.2) is 20.3 Å². The van der Waals surface area contributed by atoms with Crippen molar-refractivity contribution in [1.82, 2.24) is 4.98 Å². The number of benzene rings is 2. The topological polar surface area (TPSA) is 87.2 Å². The van der Waals surface area contributed by atoms with Crippen molar-refractivity contribution in [2.45, 2.75) is 9.79 Å². The summed E-state index contributed by atoms with van der Waals surface area (Å²) in [4.78, 5) is 27.5. The van der Waals surface area contributed by atoms with Crippen LogP contribution in [0.5, 0.6) is 0 Å². The number of carbonyl (C=O) groups is 1. The number of aromatic carboxylic acids is 1. The number of fused-ring (bicyclic) bond motifs is 5. The molecule has 0 saturated carbocycles. The van der Waals surface area contributed by atoms with Gasteiger partial charge in [-0.15, -0.1) is 0 Å². The van der Waals surface area contributed by atoms with Crippen LogP contribution in [0.3, 0.4) is 0 Å². The summed E-state index contributed by atoms with van der Waals surface area (Å²) < 4.78 is 12.5. The van der Waals surface area contributed by atoms with Crippen LogP contribution in [0.4, 0.5) is 0 Å². The van der Waals surface area contributed by atoms with Crippen LogP contribution in [-0.2, 0) is 10.8 Å². The number of nitrogens with one attached hydrogen (secondary N) is 1. The zero-order valence-electron chi connectivity index (χ0n) is 11.1. The van der Waals surface area contributed by atoms with E-state index < -0.39 is 22.2 Å². The van der Waals surface area contributed by atoms with Gasteiger partial charge in [-0.3, -0.25) is 4.79 Å². The zero-order valence-corrected chi connectivity index (χ0v) is 11.9. The predicted molar refractivity (Wildman–Crippen MR) is 81.6 cm³/mol. The Bertz CT molecular complexity index is 1050. The van der Waals surface area contributed by atoms with Crippen LogP contribution < -0.4 is 5.43 Å². The molecule has 1 aliphatic heterocycles. The number of H-pyrrole nitrogens is 1. The molecule has 0 fully saturated rings. The zero-order chi connectivity index (χ0) is 15.4. The fraction of sp³-hybridized carbons (Fsp3) is 0. The maximum absolute atomic E-state index is 12.5. The normalized spacial score (nSPS) is 15.5. The van der Waals surface area contributed by atoms with Gasteiger partial charge in [-0.2, -0.15) is 0 Å². The molecule has 2 aromatic carbocycles. The molecule has 2 N–H and O–H groups in total. The Morgan fingerprint density at radius 2 is 1.86 bits per heavy atom. The van der Waals surface area contributed by atoms with Crippen molar-refractivity contribution in [2.75, 3.05) is 0 Å². The molecule has 1 atom stereocenters. The average molecular weight is 311 g/mol. The van der Waals surface area contributed by atoms with Gasteiger partial charge in [0.2, 0.25) is 0 Å². The second-order valence-electron chi connectivity index (χ2n) is 4.98. The molecular formula is C16H9NO4S. The molecule has 3 aromatic rings. The van der Waals surface area contributed by atoms with E-state index >= 15 is 0 Å². The summed E-state index contributed by atoms with van der Waals surface area (Å²) in [7, 11) is -1.32. The van der Waals surface area contributed by atoms with E-state index in [0.717, 1.165) is 11.6 Å². The average Bonchev–Trinajstić information content (AvgIpc) is 2.80. The third-order valence-corrected chi connectivity index (χ3v) is 5.24. The van der Waals surface area contributed by atoms with Gasteiger partial charge >= 0.3 is 5.97 Å². The highest BCUT2D eigenvalue weighted by atomic mass is 32.2. The SMILES string of the molecule is O=C(O)c1cc(=O)c2c3c(ccc2[nH]1)S(=O)c1ccccc1-3. The third kappa shape index (κ3) is 1.61. The molecule has 0 bridgehead atoms. The second kappa shape index (κ2) is 4.38. The van der Waals surface area contributed by atoms with Crippen molar-refractivity contribution >= 4 is 27.7 Å². The summed E-state index contributed by atoms with van der Waals surface area (Å²) in [6.45, 7) is 0. The van der Waals surface area contributed by atoms with Gasteiger partial charge in [0.15, 0.2) is 5.43 Å². The Kier molecular flexibility index (Phi) is 2.58. The lowest BCUT2D eigenvalue weighted by Gasteiger charge is -2.06. The van der Waals surface area contributed by atoms with Gasteiger partial charge in [0, 0.05) is 17.2 Å². The van der Waals surface area contributed by atoms with Gasteiger partial charge in [-0.05, 0) is 18.2 Å². The smallest absolute Gasteiger partial charge is 0.352 e. The number of aromatic nitrogens is 1. The maximum Gasteiger partial charge on any atom is 0.352 e. The minimum atomic E-state index is -1.32. The number of aromatic amines is 1. The molecule has 1 aliphatic rings. The predicted octanol–water partition coefficient (Wildman–Crippen LogP) is 2.37. The molecule has 4 rings (SSSR count). The van der Waals surface area contributed by atoms with Crippen molar-refractivity contribution in [2.24, 2.45) is 0 Å². The Morgan fingerprint density at radius 3 is 2.64 bits per heavy atom. The highest BCUT2D eigenvalue weighted by molar-refractivity contribution is 7.85. The Balaban J connectivity index is 2.18. The van der Waals surface area contributed by atoms with Crippen LogP contribution in [0.15, 0.2) is 57.1 Å². The van der Waals surface area contributed by atoms with E-state index in [-0.39, 0.29) is 5.69 Å². The lowest BCUT2D eigenvalue weighted by Crippen LogP contribution is -2.10. The molecule has 6 heteroatoms. The lowest BCUT2D eigenvalue weighted by atomic mass is 10.00. The first-order valence-corrected chi connectivity index (χ1v) is 7.67. The minimum Gasteiger partial charge on any atom is -0.477 e. The first kappa shape index (κ1) is 13.0. The molecule has 1 aromatic heterocycles. The summed E-state index contributed by atoms with van der Waals surface area (Å²) in [5.41, 5.74) is 1.26. The standard InChI is InChI=1S/C16H9NO4S/c18-11-7-10(16(19)20)17-9-5-6-13-14(15(9)11)8-3-1-2-4-12(8)22(13)21/h1-7H,(H,17,18)(H,19,20). The lowest BCUT2D eigenvalue weighted by molar-refractivity contribution is 0.0691. The van der Waals surface area contributed by atoms with Crippen molar-refractivity contribution in [3.63, 3.8) is 0 Å². The fourth-order valence-electron chi connectivity index (χ4n) is 2.82. The van der Waals surface area contributed by atoms with Crippen molar-refractivity contribution in [3.8, 4) is 11.1 Å². The first-order valence-electron chi connectivity index (χ1n) is 6.52. The summed E-state index contributed by atoms with van der Waals surface area (Å²) in [6.07, 6.45) is 0. The van der Waals surface area contributed by atoms with E-state index in [9.17, 15) is 13.8 Å². The van der Waals surface area contributed by atoms with Gasteiger partial charge in [0.1, 0.15) is 5.69 Å². The van der Waals surface area contributed by atoms with Crippen molar-refractivity contribution in [1.29, 1.82) is 0 Å². The van der Waals surface area contributed by atoms with Gasteiger partial charge < -0.3 is 10.1 Å². The quantitative estimate of drug-likeness (QED) is 0.565. The maximum atomic E-state index is 12.5. The van der Waals surface area contributed by atoms with Gasteiger partial charge in [-0.1, -0.05) is 18.2 Å². The number of hydrogen-bond donors (Lipinski definition) is 2. The van der Waals surface area contributed by atoms with Crippen LogP contribution in [0, 0.1) is 0 Å². The van der Waals surface area contributed by atoms with Crippen LogP contribution in [0.1, 0.15) is 10.5 Å². The van der Waals surface area contributed by atoms with E-state index in [1.54, 1.807) is 24.3 Å². The van der Waals surface area contributed by atoms with Gasteiger partial charge in [0.25, 0.3) is 0 Å². The molecule has 0 spiro atoms. The number of pyridine rings is 1. The molecule has 0 saturated heterocycles. The van der Waals surface area contributed by atoms with Crippen LogP contribution in [0.25, 0.3) is 22.0 Å². The fourth-order valence-corrected chi connectivity index (χ4v) is 4.22. The number of carboxylic acids is 1. The Morgan fingerprint density at radius 1 is 1.09 bits per heavy atom. The summed E-state index contributed by atoms with van der Waals surface area (Å²) in [5.74, 6) is -1.19. The first-order chi connectivity index (χ1) is 10.6. The molecular weight excluding hydrogens is 302 g/mol. The molecule has 22 heavy (non-hydrogen) atoms. The van der Waals surface area contributed by atoms with Crippen LogP contribution in [0.2, 0.25) is 0 Å². The molecule has 5 nitrogen and oxygen atoms in total. The highest BCUT2D eigenvalue weighted by Gasteiger charge is 2.28. The molecule has 0 aliphatic carbocycles. The minimum absolute atomic E-state index is 0.162. The largest absolute Gasteiger partial charge is 0.477 e.